The molecule has 4 rings (SSSR count). The maximum atomic E-state index is 12.6. The number of aromatic nitrogens is 2. The van der Waals surface area contributed by atoms with Crippen LogP contribution < -0.4 is 0 Å². The molecule has 0 aliphatic rings. The third kappa shape index (κ3) is 4.16. The number of benzene rings is 2. The summed E-state index contributed by atoms with van der Waals surface area (Å²) in [7, 11) is 0. The standard InChI is InChI=1S/C23H20N2OS2/c1-27-21-11-5-9-17-13-18(14-24-23(17)21)20(26)10-6-12-22-25-19(15-28-22)16-7-3-2-4-8-16/h2-5,7-9,11,13-15H,6,10,12H2,1H3. The van der Waals surface area contributed by atoms with Gasteiger partial charge in [0.05, 0.1) is 16.2 Å². The van der Waals surface area contributed by atoms with Gasteiger partial charge >= 0.3 is 0 Å². The Bertz CT molecular complexity index is 1110. The molecule has 0 saturated heterocycles. The molecule has 28 heavy (non-hydrogen) atoms. The minimum Gasteiger partial charge on any atom is -0.294 e. The normalized spacial score (nSPS) is 11.0. The molecule has 2 aromatic heterocycles. The minimum atomic E-state index is 0.142. The molecule has 0 bridgehead atoms. The molecule has 0 radical (unpaired) electrons. The first-order valence-corrected chi connectivity index (χ1v) is 11.3. The highest BCUT2D eigenvalue weighted by Crippen LogP contribution is 2.26. The number of ketones is 1. The van der Waals surface area contributed by atoms with Crippen molar-refractivity contribution in [1.82, 2.24) is 9.97 Å². The second-order valence-electron chi connectivity index (χ2n) is 6.53. The van der Waals surface area contributed by atoms with Crippen molar-refractivity contribution in [2.75, 3.05) is 6.26 Å². The molecule has 2 aromatic carbocycles. The van der Waals surface area contributed by atoms with Gasteiger partial charge in [0.15, 0.2) is 5.78 Å². The zero-order valence-corrected chi connectivity index (χ0v) is 17.2. The highest BCUT2D eigenvalue weighted by atomic mass is 32.2. The van der Waals surface area contributed by atoms with E-state index < -0.39 is 0 Å². The average Bonchev–Trinajstić information content (AvgIpc) is 3.22. The van der Waals surface area contributed by atoms with Gasteiger partial charge in [-0.2, -0.15) is 0 Å². The Morgan fingerprint density at radius 1 is 1.11 bits per heavy atom. The van der Waals surface area contributed by atoms with Crippen LogP contribution in [0.3, 0.4) is 0 Å². The number of carbonyl (C=O) groups is 1. The number of thioether (sulfide) groups is 1. The molecule has 3 nitrogen and oxygen atoms in total. The van der Waals surface area contributed by atoms with Crippen molar-refractivity contribution in [3.05, 3.63) is 76.7 Å². The molecule has 2 heterocycles. The van der Waals surface area contributed by atoms with E-state index in [1.807, 2.05) is 42.7 Å². The first-order chi connectivity index (χ1) is 13.7. The molecule has 4 aromatic rings. The fraction of sp³-hybridized carbons (Fsp3) is 0.174. The lowest BCUT2D eigenvalue weighted by molar-refractivity contribution is 0.0980. The predicted molar refractivity (Wildman–Crippen MR) is 118 cm³/mol. The van der Waals surface area contributed by atoms with Gasteiger partial charge in [0.25, 0.3) is 0 Å². The van der Waals surface area contributed by atoms with Crippen LogP contribution in [0.1, 0.15) is 28.2 Å². The lowest BCUT2D eigenvalue weighted by Gasteiger charge is -2.05. The summed E-state index contributed by atoms with van der Waals surface area (Å²) in [6.45, 7) is 0. The zero-order valence-electron chi connectivity index (χ0n) is 15.6. The fourth-order valence-corrected chi connectivity index (χ4v) is 4.59. The van der Waals surface area contributed by atoms with Crippen LogP contribution in [0, 0.1) is 0 Å². The summed E-state index contributed by atoms with van der Waals surface area (Å²) in [4.78, 5) is 23.0. The van der Waals surface area contributed by atoms with Gasteiger partial charge < -0.3 is 0 Å². The van der Waals surface area contributed by atoms with Crippen molar-refractivity contribution >= 4 is 39.8 Å². The van der Waals surface area contributed by atoms with Crippen molar-refractivity contribution < 1.29 is 4.79 Å². The van der Waals surface area contributed by atoms with Gasteiger partial charge in [-0.15, -0.1) is 23.1 Å². The van der Waals surface area contributed by atoms with Gasteiger partial charge in [0.2, 0.25) is 0 Å². The summed E-state index contributed by atoms with van der Waals surface area (Å²) in [5, 5.41) is 4.18. The van der Waals surface area contributed by atoms with Gasteiger partial charge in [-0.25, -0.2) is 4.98 Å². The van der Waals surface area contributed by atoms with Crippen LogP contribution in [-0.2, 0) is 6.42 Å². The summed E-state index contributed by atoms with van der Waals surface area (Å²) >= 11 is 3.33. The first kappa shape index (κ1) is 18.8. The molecule has 0 spiro atoms. The van der Waals surface area contributed by atoms with E-state index in [1.165, 1.54) is 0 Å². The molecule has 140 valence electrons. The molecule has 0 fully saturated rings. The molecule has 0 unspecified atom stereocenters. The van der Waals surface area contributed by atoms with E-state index in [1.54, 1.807) is 29.3 Å². The summed E-state index contributed by atoms with van der Waals surface area (Å²) in [5.74, 6) is 0.142. The summed E-state index contributed by atoms with van der Waals surface area (Å²) in [6.07, 6.45) is 5.87. The number of Topliss-reactive ketones (excluding diaryl/α,β-unsaturated/α-hetero) is 1. The largest absolute Gasteiger partial charge is 0.294 e. The number of aryl methyl sites for hydroxylation is 1. The molecule has 5 heteroatoms. The van der Waals surface area contributed by atoms with E-state index in [0.29, 0.717) is 12.0 Å². The topological polar surface area (TPSA) is 42.9 Å². The van der Waals surface area contributed by atoms with Gasteiger partial charge in [0, 0.05) is 39.4 Å². The SMILES string of the molecule is CSc1cccc2cc(C(=O)CCCc3nc(-c4ccccc4)cs3)cnc12. The Morgan fingerprint density at radius 2 is 1.96 bits per heavy atom. The lowest BCUT2D eigenvalue weighted by Crippen LogP contribution is -2.01. The Kier molecular flexibility index (Phi) is 5.84. The molecule has 0 N–H and O–H groups in total. The third-order valence-electron chi connectivity index (χ3n) is 4.63. The Labute approximate surface area is 172 Å². The fourth-order valence-electron chi connectivity index (χ4n) is 3.16. The van der Waals surface area contributed by atoms with Crippen LogP contribution in [0.25, 0.3) is 22.2 Å². The maximum Gasteiger partial charge on any atom is 0.164 e. The first-order valence-electron chi connectivity index (χ1n) is 9.20. The Balaban J connectivity index is 1.38. The molecule has 0 aliphatic carbocycles. The summed E-state index contributed by atoms with van der Waals surface area (Å²) in [5.41, 5.74) is 3.79. The van der Waals surface area contributed by atoms with Gasteiger partial charge in [-0.3, -0.25) is 9.78 Å². The predicted octanol–water partition coefficient (Wildman–Crippen LogP) is 6.29. The molecule has 0 saturated carbocycles. The van der Waals surface area contributed by atoms with Gasteiger partial charge in [-0.05, 0) is 31.2 Å². The van der Waals surface area contributed by atoms with Crippen LogP contribution in [0.15, 0.2) is 71.1 Å². The number of hydrogen-bond donors (Lipinski definition) is 0. The summed E-state index contributed by atoms with van der Waals surface area (Å²) < 4.78 is 0. The number of hydrogen-bond acceptors (Lipinski definition) is 5. The van der Waals surface area contributed by atoms with Gasteiger partial charge in [-0.1, -0.05) is 42.5 Å². The zero-order chi connectivity index (χ0) is 19.3. The second kappa shape index (κ2) is 8.67. The second-order valence-corrected chi connectivity index (χ2v) is 8.32. The number of fused-ring (bicyclic) bond motifs is 1. The minimum absolute atomic E-state index is 0.142. The Morgan fingerprint density at radius 3 is 2.79 bits per heavy atom. The molecule has 0 aliphatic heterocycles. The van der Waals surface area contributed by atoms with Crippen LogP contribution in [-0.4, -0.2) is 22.0 Å². The van der Waals surface area contributed by atoms with E-state index in [0.717, 1.165) is 44.9 Å². The smallest absolute Gasteiger partial charge is 0.164 e. The van der Waals surface area contributed by atoms with Crippen molar-refractivity contribution in [2.45, 2.75) is 24.2 Å². The molecular weight excluding hydrogens is 384 g/mol. The number of rotatable bonds is 7. The van der Waals surface area contributed by atoms with Crippen LogP contribution in [0.4, 0.5) is 0 Å². The number of carbonyl (C=O) groups excluding carboxylic acids is 1. The van der Waals surface area contributed by atoms with Crippen LogP contribution >= 0.6 is 23.1 Å². The van der Waals surface area contributed by atoms with E-state index in [4.69, 9.17) is 4.98 Å². The number of pyridine rings is 1. The number of nitrogens with zero attached hydrogens (tertiary/aromatic N) is 2. The van der Waals surface area contributed by atoms with E-state index in [-0.39, 0.29) is 5.78 Å². The Hall–Kier alpha value is -2.50. The van der Waals surface area contributed by atoms with E-state index in [2.05, 4.69) is 28.6 Å². The average molecular weight is 405 g/mol. The summed E-state index contributed by atoms with van der Waals surface area (Å²) in [6, 6.07) is 18.2. The lowest BCUT2D eigenvalue weighted by atomic mass is 10.1. The third-order valence-corrected chi connectivity index (χ3v) is 6.31. The molecular formula is C23H20N2OS2. The highest BCUT2D eigenvalue weighted by molar-refractivity contribution is 7.98. The van der Waals surface area contributed by atoms with Crippen molar-refractivity contribution in [1.29, 1.82) is 0 Å². The monoisotopic (exact) mass is 404 g/mol. The van der Waals surface area contributed by atoms with Gasteiger partial charge in [0.1, 0.15) is 0 Å². The van der Waals surface area contributed by atoms with Crippen LogP contribution in [0.2, 0.25) is 0 Å². The molecule has 0 atom stereocenters. The quantitative estimate of drug-likeness (QED) is 0.268. The highest BCUT2D eigenvalue weighted by Gasteiger charge is 2.10. The van der Waals surface area contributed by atoms with Crippen molar-refractivity contribution in [2.24, 2.45) is 0 Å². The van der Waals surface area contributed by atoms with Crippen LogP contribution in [0.5, 0.6) is 0 Å². The maximum absolute atomic E-state index is 12.6. The van der Waals surface area contributed by atoms with E-state index >= 15 is 0 Å². The van der Waals surface area contributed by atoms with Crippen molar-refractivity contribution in [3.63, 3.8) is 0 Å². The van der Waals surface area contributed by atoms with E-state index in [9.17, 15) is 4.79 Å². The number of para-hydroxylation sites is 1. The molecule has 0 amide bonds. The number of thiazole rings is 1. The van der Waals surface area contributed by atoms with Crippen molar-refractivity contribution in [3.8, 4) is 11.3 Å².